The molecule has 0 spiro atoms. The van der Waals surface area contributed by atoms with Gasteiger partial charge in [0.1, 0.15) is 6.10 Å². The number of rotatable bonds is 52. The van der Waals surface area contributed by atoms with Gasteiger partial charge in [0.15, 0.2) is 0 Å². The average Bonchev–Trinajstić information content (AvgIpc) is 3.33. The lowest BCUT2D eigenvalue weighted by Gasteiger charge is -2.24. The summed E-state index contributed by atoms with van der Waals surface area (Å²) in [4.78, 5) is 26.3. The molecule has 3 unspecified atom stereocenters. The van der Waals surface area contributed by atoms with Crippen LogP contribution in [0, 0.1) is 0 Å². The summed E-state index contributed by atoms with van der Waals surface area (Å²) in [5, 5.41) is 23.9. The molecule has 0 saturated carbocycles. The Labute approximate surface area is 421 Å². The van der Waals surface area contributed by atoms with Gasteiger partial charge < -0.3 is 20.3 Å². The second-order valence-corrected chi connectivity index (χ2v) is 19.8. The van der Waals surface area contributed by atoms with E-state index >= 15 is 0 Å². The molecule has 0 aliphatic rings. The van der Waals surface area contributed by atoms with Gasteiger partial charge >= 0.3 is 5.97 Å². The number of carbonyl (C=O) groups is 2. The van der Waals surface area contributed by atoms with Crippen molar-refractivity contribution >= 4 is 11.9 Å². The first kappa shape index (κ1) is 65.3. The first-order chi connectivity index (χ1) is 33.5. The molecule has 0 radical (unpaired) electrons. The Balaban J connectivity index is 4.67. The highest BCUT2D eigenvalue weighted by atomic mass is 16.5. The first-order valence-corrected chi connectivity index (χ1v) is 29.2. The number of nitrogens with one attached hydrogen (secondary N) is 1. The minimum Gasteiger partial charge on any atom is -0.462 e. The highest BCUT2D eigenvalue weighted by molar-refractivity contribution is 5.77. The molecule has 1 amide bonds. The fraction of sp³-hybridized carbons (Fsp3) is 0.774. The van der Waals surface area contributed by atoms with Gasteiger partial charge in [0.25, 0.3) is 0 Å². The summed E-state index contributed by atoms with van der Waals surface area (Å²) in [6.07, 6.45) is 71.0. The van der Waals surface area contributed by atoms with Gasteiger partial charge in [-0.3, -0.25) is 9.59 Å². The van der Waals surface area contributed by atoms with Crippen molar-refractivity contribution in [3.8, 4) is 0 Å². The molecule has 0 bridgehead atoms. The van der Waals surface area contributed by atoms with Crippen molar-refractivity contribution in [1.29, 1.82) is 0 Å². The molecule has 0 aliphatic carbocycles. The topological polar surface area (TPSA) is 95.9 Å². The Bertz CT molecular complexity index is 1250. The standard InChI is InChI=1S/C62H111NO5/c1-4-7-10-13-16-19-22-25-28-30-31-34-37-40-43-46-49-52-55-62(67)68-58(53-50-47-44-41-38-35-33-29-26-23-20-17-14-11-8-5-2)56-61(66)63-59(57-64)60(65)54-51-48-45-42-39-36-32-27-24-21-18-15-12-9-6-3/h22-23,25-26,28-31,33-35,38,58-60,64-65H,4-21,24,27,32,36-37,39-57H2,1-3H3,(H,63,66)/b25-22+,26-23+,30-28+,33-29+,34-31+,38-35+. The van der Waals surface area contributed by atoms with Crippen LogP contribution in [-0.4, -0.2) is 46.9 Å². The summed E-state index contributed by atoms with van der Waals surface area (Å²) in [6, 6.07) is -0.721. The van der Waals surface area contributed by atoms with Crippen molar-refractivity contribution in [2.75, 3.05) is 6.61 Å². The second kappa shape index (κ2) is 55.2. The van der Waals surface area contributed by atoms with Crippen LogP contribution in [0.5, 0.6) is 0 Å². The minimum atomic E-state index is -0.805. The molecule has 0 saturated heterocycles. The largest absolute Gasteiger partial charge is 0.462 e. The van der Waals surface area contributed by atoms with Crippen LogP contribution in [0.3, 0.4) is 0 Å². The maximum absolute atomic E-state index is 13.3. The van der Waals surface area contributed by atoms with Crippen molar-refractivity contribution in [3.63, 3.8) is 0 Å². The van der Waals surface area contributed by atoms with E-state index in [2.05, 4.69) is 99.0 Å². The Hall–Kier alpha value is -2.70. The number of unbranched alkanes of at least 4 members (excludes halogenated alkanes) is 32. The van der Waals surface area contributed by atoms with Crippen molar-refractivity contribution in [2.24, 2.45) is 0 Å². The number of allylic oxidation sites excluding steroid dienone is 12. The van der Waals surface area contributed by atoms with E-state index in [4.69, 9.17) is 4.74 Å². The predicted octanol–water partition coefficient (Wildman–Crippen LogP) is 18.1. The van der Waals surface area contributed by atoms with Crippen LogP contribution >= 0.6 is 0 Å². The zero-order valence-electron chi connectivity index (χ0n) is 45.0. The molecule has 6 heteroatoms. The average molecular weight is 951 g/mol. The van der Waals surface area contributed by atoms with Crippen molar-refractivity contribution in [3.05, 3.63) is 72.9 Å². The molecule has 68 heavy (non-hydrogen) atoms. The number of esters is 1. The van der Waals surface area contributed by atoms with E-state index in [1.807, 2.05) is 0 Å². The molecule has 0 rings (SSSR count). The molecule has 0 fully saturated rings. The summed E-state index contributed by atoms with van der Waals surface area (Å²) in [7, 11) is 0. The monoisotopic (exact) mass is 950 g/mol. The third-order valence-corrected chi connectivity index (χ3v) is 13.1. The van der Waals surface area contributed by atoms with Crippen molar-refractivity contribution in [2.45, 2.75) is 302 Å². The summed E-state index contributed by atoms with van der Waals surface area (Å²) in [5.74, 6) is -0.526. The Morgan fingerprint density at radius 3 is 1.13 bits per heavy atom. The number of hydrogen-bond acceptors (Lipinski definition) is 5. The highest BCUT2D eigenvalue weighted by Crippen LogP contribution is 2.18. The Morgan fingerprint density at radius 1 is 0.426 bits per heavy atom. The number of carbonyl (C=O) groups excluding carboxylic acids is 2. The summed E-state index contributed by atoms with van der Waals surface area (Å²) in [6.45, 7) is 6.46. The van der Waals surface area contributed by atoms with Gasteiger partial charge in [0, 0.05) is 6.42 Å². The Kier molecular flexibility index (Phi) is 53.0. The van der Waals surface area contributed by atoms with Gasteiger partial charge in [0.2, 0.25) is 5.91 Å². The zero-order valence-corrected chi connectivity index (χ0v) is 45.0. The molecule has 6 nitrogen and oxygen atoms in total. The molecule has 0 aromatic heterocycles. The quantitative estimate of drug-likeness (QED) is 0.0321. The van der Waals surface area contributed by atoms with E-state index in [9.17, 15) is 19.8 Å². The normalized spacial score (nSPS) is 13.7. The van der Waals surface area contributed by atoms with Crippen LogP contribution in [0.1, 0.15) is 284 Å². The van der Waals surface area contributed by atoms with E-state index in [0.717, 1.165) is 89.9 Å². The van der Waals surface area contributed by atoms with E-state index in [-0.39, 0.29) is 24.9 Å². The smallest absolute Gasteiger partial charge is 0.306 e. The molecule has 0 aliphatic heterocycles. The SMILES string of the molecule is CCCCCCC/C=C/C=C/C=C/CCCCCCCC(=O)OC(CCCCC/C=C/C=C/C=C/CCCCCCC)CC(=O)NC(CO)C(O)CCCCCCCCCCCCCCCCC. The molecular weight excluding hydrogens is 839 g/mol. The lowest BCUT2D eigenvalue weighted by Crippen LogP contribution is -2.46. The van der Waals surface area contributed by atoms with Crippen LogP contribution in [0.2, 0.25) is 0 Å². The zero-order chi connectivity index (χ0) is 49.5. The predicted molar refractivity (Wildman–Crippen MR) is 296 cm³/mol. The van der Waals surface area contributed by atoms with Gasteiger partial charge in [-0.05, 0) is 77.0 Å². The van der Waals surface area contributed by atoms with E-state index in [1.165, 1.54) is 148 Å². The molecule has 3 atom stereocenters. The molecule has 0 heterocycles. The maximum atomic E-state index is 13.3. The molecule has 0 aromatic carbocycles. The second-order valence-electron chi connectivity index (χ2n) is 19.8. The molecule has 394 valence electrons. The molecule has 0 aromatic rings. The number of hydrogen-bond donors (Lipinski definition) is 3. The van der Waals surface area contributed by atoms with Crippen LogP contribution in [0.25, 0.3) is 0 Å². The number of aliphatic hydroxyl groups is 2. The van der Waals surface area contributed by atoms with Gasteiger partial charge in [-0.15, -0.1) is 0 Å². The summed E-state index contributed by atoms with van der Waals surface area (Å²) < 4.78 is 5.94. The summed E-state index contributed by atoms with van der Waals surface area (Å²) in [5.41, 5.74) is 0. The van der Waals surface area contributed by atoms with Crippen LogP contribution in [0.15, 0.2) is 72.9 Å². The van der Waals surface area contributed by atoms with Crippen molar-refractivity contribution in [1.82, 2.24) is 5.32 Å². The molecular formula is C62H111NO5. The van der Waals surface area contributed by atoms with Gasteiger partial charge in [-0.2, -0.15) is 0 Å². The number of ether oxygens (including phenoxy) is 1. The van der Waals surface area contributed by atoms with Gasteiger partial charge in [0.05, 0.1) is 25.2 Å². The lowest BCUT2D eigenvalue weighted by atomic mass is 10.0. The third-order valence-electron chi connectivity index (χ3n) is 13.1. The van der Waals surface area contributed by atoms with E-state index in [1.54, 1.807) is 0 Å². The first-order valence-electron chi connectivity index (χ1n) is 29.2. The number of aliphatic hydroxyl groups excluding tert-OH is 2. The number of amides is 1. The fourth-order valence-corrected chi connectivity index (χ4v) is 8.67. The minimum absolute atomic E-state index is 0.0446. The molecule has 3 N–H and O–H groups in total. The van der Waals surface area contributed by atoms with Crippen LogP contribution in [0.4, 0.5) is 0 Å². The maximum Gasteiger partial charge on any atom is 0.306 e. The van der Waals surface area contributed by atoms with Crippen molar-refractivity contribution < 1.29 is 24.5 Å². The third kappa shape index (κ3) is 49.7. The Morgan fingerprint density at radius 2 is 0.750 bits per heavy atom. The van der Waals surface area contributed by atoms with Crippen LogP contribution < -0.4 is 5.32 Å². The van der Waals surface area contributed by atoms with Crippen LogP contribution in [-0.2, 0) is 14.3 Å². The lowest BCUT2D eigenvalue weighted by molar-refractivity contribution is -0.151. The summed E-state index contributed by atoms with van der Waals surface area (Å²) >= 11 is 0. The highest BCUT2D eigenvalue weighted by Gasteiger charge is 2.24. The van der Waals surface area contributed by atoms with E-state index < -0.39 is 18.2 Å². The van der Waals surface area contributed by atoms with E-state index in [0.29, 0.717) is 19.3 Å². The van der Waals surface area contributed by atoms with Gasteiger partial charge in [-0.1, -0.05) is 267 Å². The van der Waals surface area contributed by atoms with Gasteiger partial charge in [-0.25, -0.2) is 0 Å². The fourth-order valence-electron chi connectivity index (χ4n) is 8.67.